The van der Waals surface area contributed by atoms with Crippen molar-refractivity contribution in [1.82, 2.24) is 4.90 Å². The van der Waals surface area contributed by atoms with Gasteiger partial charge in [-0.15, -0.1) is 0 Å². The first kappa shape index (κ1) is 11.8. The standard InChI is InChI=1S/C11H17NO3/c1-2-3-10(13)5-7-12-6-4-9(8-12)11(14)15/h5,7,9H,2-4,6,8H2,1H3,(H,14,15)/b7-5+. The zero-order chi connectivity index (χ0) is 11.3. The summed E-state index contributed by atoms with van der Waals surface area (Å²) in [5.41, 5.74) is 0. The van der Waals surface area contributed by atoms with Crippen molar-refractivity contribution in [2.75, 3.05) is 13.1 Å². The fourth-order valence-corrected chi connectivity index (χ4v) is 1.64. The van der Waals surface area contributed by atoms with Crippen LogP contribution < -0.4 is 0 Å². The summed E-state index contributed by atoms with van der Waals surface area (Å²) in [7, 11) is 0. The number of hydrogen-bond acceptors (Lipinski definition) is 3. The van der Waals surface area contributed by atoms with Gasteiger partial charge in [-0.3, -0.25) is 9.59 Å². The molecule has 4 heteroatoms. The molecule has 1 unspecified atom stereocenters. The lowest BCUT2D eigenvalue weighted by molar-refractivity contribution is -0.141. The Balaban J connectivity index is 2.35. The van der Waals surface area contributed by atoms with E-state index in [0.29, 0.717) is 19.4 Å². The summed E-state index contributed by atoms with van der Waals surface area (Å²) in [6.07, 6.45) is 5.35. The first-order valence-electron chi connectivity index (χ1n) is 5.31. The summed E-state index contributed by atoms with van der Waals surface area (Å²) in [6, 6.07) is 0. The smallest absolute Gasteiger partial charge is 0.308 e. The van der Waals surface area contributed by atoms with E-state index < -0.39 is 5.97 Å². The van der Waals surface area contributed by atoms with Crippen LogP contribution in [0.1, 0.15) is 26.2 Å². The molecule has 1 heterocycles. The van der Waals surface area contributed by atoms with Crippen LogP contribution in [0, 0.1) is 5.92 Å². The lowest BCUT2D eigenvalue weighted by atomic mass is 10.1. The van der Waals surface area contributed by atoms with Crippen molar-refractivity contribution in [3.63, 3.8) is 0 Å². The van der Waals surface area contributed by atoms with E-state index in [4.69, 9.17) is 5.11 Å². The lowest BCUT2D eigenvalue weighted by Gasteiger charge is -2.10. The summed E-state index contributed by atoms with van der Waals surface area (Å²) >= 11 is 0. The molecule has 0 aromatic carbocycles. The zero-order valence-electron chi connectivity index (χ0n) is 8.98. The number of nitrogens with zero attached hydrogens (tertiary/aromatic N) is 1. The van der Waals surface area contributed by atoms with Crippen LogP contribution in [0.25, 0.3) is 0 Å². The highest BCUT2D eigenvalue weighted by molar-refractivity contribution is 5.89. The predicted octanol–water partition coefficient (Wildman–Crippen LogP) is 1.28. The van der Waals surface area contributed by atoms with Crippen molar-refractivity contribution in [3.05, 3.63) is 12.3 Å². The molecule has 1 saturated heterocycles. The average molecular weight is 211 g/mol. The molecule has 1 fully saturated rings. The Labute approximate surface area is 89.6 Å². The molecule has 0 aromatic rings. The minimum absolute atomic E-state index is 0.108. The number of carbonyl (C=O) groups is 2. The molecular formula is C11H17NO3. The van der Waals surface area contributed by atoms with Crippen LogP contribution in [0.5, 0.6) is 0 Å². The summed E-state index contributed by atoms with van der Waals surface area (Å²) in [6.45, 7) is 3.21. The quantitative estimate of drug-likeness (QED) is 0.696. The highest BCUT2D eigenvalue weighted by atomic mass is 16.4. The van der Waals surface area contributed by atoms with Crippen molar-refractivity contribution in [2.24, 2.45) is 5.92 Å². The minimum atomic E-state index is -0.745. The first-order valence-corrected chi connectivity index (χ1v) is 5.31. The first-order chi connectivity index (χ1) is 7.13. The van der Waals surface area contributed by atoms with Gasteiger partial charge in [0, 0.05) is 25.7 Å². The molecule has 0 aromatic heterocycles. The van der Waals surface area contributed by atoms with Gasteiger partial charge in [0.25, 0.3) is 0 Å². The fraction of sp³-hybridized carbons (Fsp3) is 0.636. The van der Waals surface area contributed by atoms with E-state index in [1.54, 1.807) is 12.3 Å². The fourth-order valence-electron chi connectivity index (χ4n) is 1.64. The largest absolute Gasteiger partial charge is 0.481 e. The SMILES string of the molecule is CCCC(=O)/C=C/N1CCC(C(=O)O)C1. The molecule has 0 spiro atoms. The number of likely N-dealkylation sites (tertiary alicyclic amines) is 1. The van der Waals surface area contributed by atoms with Crippen LogP contribution >= 0.6 is 0 Å². The van der Waals surface area contributed by atoms with E-state index >= 15 is 0 Å². The summed E-state index contributed by atoms with van der Waals surface area (Å²) in [5.74, 6) is -0.919. The Kier molecular flexibility index (Phi) is 4.34. The van der Waals surface area contributed by atoms with Gasteiger partial charge in [0.05, 0.1) is 5.92 Å². The molecule has 4 nitrogen and oxygen atoms in total. The molecule has 0 bridgehead atoms. The third-order valence-electron chi connectivity index (χ3n) is 2.54. The topological polar surface area (TPSA) is 57.6 Å². The summed E-state index contributed by atoms with van der Waals surface area (Å²) in [5, 5.41) is 8.77. The Hall–Kier alpha value is -1.32. The van der Waals surface area contributed by atoms with Gasteiger partial charge in [-0.2, -0.15) is 0 Å². The van der Waals surface area contributed by atoms with Crippen LogP contribution in [0.4, 0.5) is 0 Å². The zero-order valence-corrected chi connectivity index (χ0v) is 8.98. The summed E-state index contributed by atoms with van der Waals surface area (Å²) in [4.78, 5) is 23.8. The van der Waals surface area contributed by atoms with E-state index in [9.17, 15) is 9.59 Å². The van der Waals surface area contributed by atoms with Gasteiger partial charge in [0.1, 0.15) is 0 Å². The monoisotopic (exact) mass is 211 g/mol. The average Bonchev–Trinajstić information content (AvgIpc) is 2.63. The second-order valence-electron chi connectivity index (χ2n) is 3.85. The Morgan fingerprint density at radius 3 is 2.80 bits per heavy atom. The Morgan fingerprint density at radius 2 is 2.27 bits per heavy atom. The number of carbonyl (C=O) groups excluding carboxylic acids is 1. The van der Waals surface area contributed by atoms with E-state index in [-0.39, 0.29) is 11.7 Å². The molecule has 1 N–H and O–H groups in total. The normalized spacial score (nSPS) is 21.1. The molecule has 0 radical (unpaired) electrons. The highest BCUT2D eigenvalue weighted by Gasteiger charge is 2.25. The number of aliphatic carboxylic acids is 1. The van der Waals surface area contributed by atoms with Gasteiger partial charge in [-0.05, 0) is 18.9 Å². The van der Waals surface area contributed by atoms with Gasteiger partial charge < -0.3 is 10.0 Å². The molecule has 84 valence electrons. The third kappa shape index (κ3) is 3.73. The minimum Gasteiger partial charge on any atom is -0.481 e. The molecule has 1 aliphatic rings. The van der Waals surface area contributed by atoms with Crippen molar-refractivity contribution < 1.29 is 14.7 Å². The maximum Gasteiger partial charge on any atom is 0.308 e. The van der Waals surface area contributed by atoms with E-state index in [1.807, 2.05) is 11.8 Å². The molecular weight excluding hydrogens is 194 g/mol. The van der Waals surface area contributed by atoms with E-state index in [0.717, 1.165) is 13.0 Å². The van der Waals surface area contributed by atoms with Crippen LogP contribution in [0.3, 0.4) is 0 Å². The second kappa shape index (κ2) is 5.53. The second-order valence-corrected chi connectivity index (χ2v) is 3.85. The van der Waals surface area contributed by atoms with Crippen LogP contribution in [-0.4, -0.2) is 34.8 Å². The lowest BCUT2D eigenvalue weighted by Crippen LogP contribution is -2.18. The highest BCUT2D eigenvalue weighted by Crippen LogP contribution is 2.16. The molecule has 1 aliphatic heterocycles. The van der Waals surface area contributed by atoms with Gasteiger partial charge in [-0.25, -0.2) is 0 Å². The Morgan fingerprint density at radius 1 is 1.53 bits per heavy atom. The number of carboxylic acid groups (broad SMARTS) is 1. The number of ketones is 1. The van der Waals surface area contributed by atoms with E-state index in [1.165, 1.54) is 0 Å². The van der Waals surface area contributed by atoms with Crippen LogP contribution in [-0.2, 0) is 9.59 Å². The molecule has 0 saturated carbocycles. The van der Waals surface area contributed by atoms with Crippen LogP contribution in [0.2, 0.25) is 0 Å². The molecule has 1 rings (SSSR count). The third-order valence-corrected chi connectivity index (χ3v) is 2.54. The van der Waals surface area contributed by atoms with Crippen molar-refractivity contribution in [2.45, 2.75) is 26.2 Å². The molecule has 15 heavy (non-hydrogen) atoms. The van der Waals surface area contributed by atoms with Gasteiger partial charge in [-0.1, -0.05) is 6.92 Å². The molecule has 0 amide bonds. The van der Waals surface area contributed by atoms with Gasteiger partial charge >= 0.3 is 5.97 Å². The van der Waals surface area contributed by atoms with Gasteiger partial charge in [0.2, 0.25) is 0 Å². The number of rotatable bonds is 5. The summed E-state index contributed by atoms with van der Waals surface area (Å²) < 4.78 is 0. The maximum absolute atomic E-state index is 11.2. The molecule has 0 aliphatic carbocycles. The van der Waals surface area contributed by atoms with Crippen molar-refractivity contribution in [3.8, 4) is 0 Å². The molecule has 1 atom stereocenters. The number of carboxylic acids is 1. The van der Waals surface area contributed by atoms with E-state index in [2.05, 4.69) is 0 Å². The van der Waals surface area contributed by atoms with Crippen LogP contribution in [0.15, 0.2) is 12.3 Å². The van der Waals surface area contributed by atoms with Gasteiger partial charge in [0.15, 0.2) is 5.78 Å². The number of hydrogen-bond donors (Lipinski definition) is 1. The van der Waals surface area contributed by atoms with Crippen molar-refractivity contribution >= 4 is 11.8 Å². The van der Waals surface area contributed by atoms with Crippen molar-refractivity contribution in [1.29, 1.82) is 0 Å². The maximum atomic E-state index is 11.2. The Bertz CT molecular complexity index is 273. The number of allylic oxidation sites excluding steroid dienone is 1. The predicted molar refractivity (Wildman–Crippen MR) is 56.4 cm³/mol.